The van der Waals surface area contributed by atoms with Crippen molar-refractivity contribution in [1.29, 1.82) is 0 Å². The van der Waals surface area contributed by atoms with Crippen LogP contribution in [0.15, 0.2) is 53.5 Å². The predicted molar refractivity (Wildman–Crippen MR) is 152 cm³/mol. The monoisotopic (exact) mass is 602 g/mol. The highest BCUT2D eigenvalue weighted by molar-refractivity contribution is 7.45. The topological polar surface area (TPSA) is 127 Å². The summed E-state index contributed by atoms with van der Waals surface area (Å²) in [5, 5.41) is 5.15. The number of ether oxygens (including phenoxy) is 2. The summed E-state index contributed by atoms with van der Waals surface area (Å²) < 4.78 is 43.3. The Morgan fingerprint density at radius 1 is 1.25 bits per heavy atom. The molecule has 3 unspecified atom stereocenters. The molecule has 2 aromatic carbocycles. The molecule has 10 nitrogen and oxygen atoms in total. The molecule has 0 saturated carbocycles. The van der Waals surface area contributed by atoms with E-state index in [2.05, 4.69) is 10.1 Å². The predicted octanol–water partition coefficient (Wildman–Crippen LogP) is 5.34. The van der Waals surface area contributed by atoms with Gasteiger partial charge in [-0.1, -0.05) is 48.0 Å². The van der Waals surface area contributed by atoms with Crippen LogP contribution in [-0.4, -0.2) is 55.2 Å². The lowest BCUT2D eigenvalue weighted by molar-refractivity contribution is -0.106. The van der Waals surface area contributed by atoms with E-state index in [9.17, 15) is 18.4 Å². The average molecular weight is 603 g/mol. The highest BCUT2D eigenvalue weighted by atomic mass is 35.5. The molecular formula is C26H34ClF2N4O6P. The number of methoxy groups -OCH3 is 1. The number of fused-ring (bicyclic) bond motifs is 1. The molecule has 1 fully saturated rings. The minimum absolute atomic E-state index is 0.0109. The second kappa shape index (κ2) is 17.9. The fourth-order valence-electron chi connectivity index (χ4n) is 3.41. The first-order valence-electron chi connectivity index (χ1n) is 12.3. The average Bonchev–Trinajstić information content (AvgIpc) is 3.42. The summed E-state index contributed by atoms with van der Waals surface area (Å²) in [5.74, 6) is 0.648. The lowest BCUT2D eigenvalue weighted by Crippen LogP contribution is -2.28. The normalized spacial score (nSPS) is 17.0. The van der Waals surface area contributed by atoms with Gasteiger partial charge in [0.15, 0.2) is 0 Å². The summed E-state index contributed by atoms with van der Waals surface area (Å²) in [6.07, 6.45) is 3.07. The van der Waals surface area contributed by atoms with Crippen molar-refractivity contribution in [2.75, 3.05) is 32.9 Å². The van der Waals surface area contributed by atoms with Gasteiger partial charge in [-0.25, -0.2) is 18.7 Å². The number of nitrogens with zero attached hydrogens (tertiary/aromatic N) is 2. The molecule has 3 atom stereocenters. The Kier molecular flexibility index (Phi) is 14.9. The number of anilines is 1. The number of benzene rings is 2. The van der Waals surface area contributed by atoms with Gasteiger partial charge in [0, 0.05) is 18.7 Å². The number of rotatable bonds is 10. The molecule has 4 rings (SSSR count). The van der Waals surface area contributed by atoms with Crippen LogP contribution < -0.4 is 21.0 Å². The first-order valence-corrected chi connectivity index (χ1v) is 13.9. The van der Waals surface area contributed by atoms with Gasteiger partial charge in [0.25, 0.3) is 0 Å². The van der Waals surface area contributed by atoms with Crippen LogP contribution in [-0.2, 0) is 18.8 Å². The Morgan fingerprint density at radius 2 is 1.93 bits per heavy atom. The van der Waals surface area contributed by atoms with Gasteiger partial charge in [-0.05, 0) is 38.1 Å². The highest BCUT2D eigenvalue weighted by Crippen LogP contribution is 2.40. The summed E-state index contributed by atoms with van der Waals surface area (Å²) in [5.41, 5.74) is 5.05. The SMILES string of the molecule is COC(C)C.FCF.Nc1nc(=O)n(C2CCC(COP(NCC=O)Oc3cccc4ccccc34)O2)cc1Cl. The minimum Gasteiger partial charge on any atom is -0.435 e. The Labute approximate surface area is 237 Å². The van der Waals surface area contributed by atoms with E-state index in [1.54, 1.807) is 7.11 Å². The van der Waals surface area contributed by atoms with Crippen molar-refractivity contribution < 1.29 is 32.1 Å². The number of nitrogens with one attached hydrogen (secondary N) is 1. The Bertz CT molecular complexity index is 1250. The van der Waals surface area contributed by atoms with Gasteiger partial charge in [0.1, 0.15) is 24.1 Å². The fraction of sp³-hybridized carbons (Fsp3) is 0.423. The van der Waals surface area contributed by atoms with Crippen LogP contribution in [0, 0.1) is 0 Å². The first-order chi connectivity index (χ1) is 19.2. The zero-order valence-corrected chi connectivity index (χ0v) is 24.1. The molecule has 1 aromatic heterocycles. The van der Waals surface area contributed by atoms with E-state index in [0.29, 0.717) is 24.7 Å². The van der Waals surface area contributed by atoms with Gasteiger partial charge in [-0.3, -0.25) is 4.57 Å². The third kappa shape index (κ3) is 10.7. The Balaban J connectivity index is 0.000000621. The van der Waals surface area contributed by atoms with Gasteiger partial charge in [-0.15, -0.1) is 0 Å². The van der Waals surface area contributed by atoms with Crippen LogP contribution in [0.25, 0.3) is 10.8 Å². The number of nitrogens with two attached hydrogens (primary N) is 1. The second-order valence-electron chi connectivity index (χ2n) is 8.49. The van der Waals surface area contributed by atoms with Crippen molar-refractivity contribution in [1.82, 2.24) is 14.6 Å². The van der Waals surface area contributed by atoms with Crippen LogP contribution in [0.3, 0.4) is 0 Å². The molecule has 0 radical (unpaired) electrons. The Morgan fingerprint density at radius 3 is 2.60 bits per heavy atom. The molecule has 0 amide bonds. The number of carbonyl (C=O) groups is 1. The molecule has 1 aliphatic heterocycles. The fourth-order valence-corrected chi connectivity index (χ4v) is 4.63. The molecule has 0 spiro atoms. The number of aromatic nitrogens is 2. The number of carbonyl (C=O) groups excluding carboxylic acids is 1. The number of nitrogen functional groups attached to an aromatic ring is 1. The molecule has 0 bridgehead atoms. The van der Waals surface area contributed by atoms with Crippen molar-refractivity contribution in [2.45, 2.75) is 45.1 Å². The van der Waals surface area contributed by atoms with E-state index in [0.717, 1.165) is 17.1 Å². The molecule has 1 aliphatic rings. The molecule has 3 aromatic rings. The van der Waals surface area contributed by atoms with Gasteiger partial charge < -0.3 is 29.0 Å². The third-order valence-corrected chi connectivity index (χ3v) is 6.89. The number of hydrogen-bond donors (Lipinski definition) is 2. The summed E-state index contributed by atoms with van der Waals surface area (Å²) in [6.45, 7) is 2.57. The maximum absolute atomic E-state index is 12.1. The highest BCUT2D eigenvalue weighted by Gasteiger charge is 2.29. The van der Waals surface area contributed by atoms with E-state index < -0.39 is 27.4 Å². The zero-order valence-electron chi connectivity index (χ0n) is 22.5. The van der Waals surface area contributed by atoms with E-state index in [1.165, 1.54) is 10.8 Å². The van der Waals surface area contributed by atoms with Gasteiger partial charge in [-0.2, -0.15) is 4.98 Å². The quantitative estimate of drug-likeness (QED) is 0.233. The molecule has 2 heterocycles. The maximum Gasteiger partial charge on any atom is 0.351 e. The smallest absolute Gasteiger partial charge is 0.351 e. The summed E-state index contributed by atoms with van der Waals surface area (Å²) >= 11 is 5.99. The summed E-state index contributed by atoms with van der Waals surface area (Å²) in [6, 6.07) is 13.6. The molecule has 14 heteroatoms. The number of aldehydes is 1. The van der Waals surface area contributed by atoms with Crippen molar-refractivity contribution in [2.24, 2.45) is 0 Å². The van der Waals surface area contributed by atoms with Gasteiger partial charge in [0.2, 0.25) is 6.93 Å². The van der Waals surface area contributed by atoms with Crippen molar-refractivity contribution in [3.63, 3.8) is 0 Å². The minimum atomic E-state index is -1.75. The Hall–Kier alpha value is -2.73. The summed E-state index contributed by atoms with van der Waals surface area (Å²) in [4.78, 5) is 26.7. The molecule has 3 N–H and O–H groups in total. The van der Waals surface area contributed by atoms with Crippen molar-refractivity contribution in [3.8, 4) is 5.75 Å². The van der Waals surface area contributed by atoms with Crippen LogP contribution in [0.4, 0.5) is 14.6 Å². The molecule has 40 heavy (non-hydrogen) atoms. The number of hydrogen-bond acceptors (Lipinski definition) is 9. The summed E-state index contributed by atoms with van der Waals surface area (Å²) in [7, 11) is 0.103. The molecule has 0 aliphatic carbocycles. The zero-order chi connectivity index (χ0) is 29.5. The standard InChI is InChI=1S/C21H22ClN4O5P.C4H10O.CH2F2/c22-17-12-26(21(28)25-20(17)23)19-9-8-15(30-19)13-29-32(24-10-11-27)31-18-7-3-5-14-4-1-2-6-16(14)18;1-4(2)5-3;2-1-3/h1-7,11-12,15,19,24H,8-10,13H2,(H2,23,25,28);4H,1-3H3;1H2. The van der Waals surface area contributed by atoms with Crippen molar-refractivity contribution in [3.05, 3.63) is 64.2 Å². The number of alkyl halides is 2. The van der Waals surface area contributed by atoms with Crippen molar-refractivity contribution >= 4 is 43.0 Å². The van der Waals surface area contributed by atoms with Crippen LogP contribution in [0.5, 0.6) is 5.75 Å². The van der Waals surface area contributed by atoms with Crippen LogP contribution >= 0.6 is 20.1 Å². The first kappa shape index (κ1) is 33.5. The number of halogens is 3. The van der Waals surface area contributed by atoms with E-state index in [4.69, 9.17) is 35.9 Å². The molecule has 1 saturated heterocycles. The molecular weight excluding hydrogens is 569 g/mol. The lowest BCUT2D eigenvalue weighted by Gasteiger charge is -2.21. The lowest BCUT2D eigenvalue weighted by atomic mass is 10.1. The van der Waals surface area contributed by atoms with Gasteiger partial charge in [0.05, 0.1) is 30.4 Å². The third-order valence-electron chi connectivity index (χ3n) is 5.41. The van der Waals surface area contributed by atoms with Crippen LogP contribution in [0.1, 0.15) is 32.9 Å². The van der Waals surface area contributed by atoms with E-state index in [1.807, 2.05) is 56.3 Å². The maximum atomic E-state index is 12.1. The van der Waals surface area contributed by atoms with Crippen LogP contribution in [0.2, 0.25) is 5.02 Å². The largest absolute Gasteiger partial charge is 0.435 e. The van der Waals surface area contributed by atoms with E-state index >= 15 is 0 Å². The molecule has 220 valence electrons. The van der Waals surface area contributed by atoms with Gasteiger partial charge >= 0.3 is 14.2 Å². The van der Waals surface area contributed by atoms with E-state index in [-0.39, 0.29) is 30.1 Å². The second-order valence-corrected chi connectivity index (χ2v) is 10.2.